The van der Waals surface area contributed by atoms with Gasteiger partial charge in [-0.3, -0.25) is 9.59 Å². The van der Waals surface area contributed by atoms with Crippen molar-refractivity contribution in [3.63, 3.8) is 0 Å². The third-order valence-electron chi connectivity index (χ3n) is 5.45. The van der Waals surface area contributed by atoms with Gasteiger partial charge in [0.1, 0.15) is 23.3 Å². The van der Waals surface area contributed by atoms with Crippen LogP contribution in [0.1, 0.15) is 87.1 Å². The van der Waals surface area contributed by atoms with E-state index in [-0.39, 0.29) is 65.5 Å². The first-order chi connectivity index (χ1) is 20.8. The van der Waals surface area contributed by atoms with Crippen molar-refractivity contribution in [3.05, 3.63) is 35.9 Å². The van der Waals surface area contributed by atoms with Crippen LogP contribution in [0.5, 0.6) is 0 Å². The van der Waals surface area contributed by atoms with Gasteiger partial charge in [0, 0.05) is 6.42 Å². The molecule has 0 aliphatic carbocycles. The molecule has 0 saturated carbocycles. The van der Waals surface area contributed by atoms with Gasteiger partial charge in [0.15, 0.2) is 6.29 Å². The standard InChI is InChI=1S/C33H55NO11/c1-30(2,3)43-26(35)15-18-39-22-33(23-40-19-16-27(36)44-31(4,5)6,24-41-20-17-28(37)45-32(7,8)9)34-29(38)42-21-25-13-11-10-12-14-25/h10-14,26,35H,15-24H2,1-9H3,(H,34,38). The van der Waals surface area contributed by atoms with Crippen molar-refractivity contribution in [1.29, 1.82) is 0 Å². The largest absolute Gasteiger partial charge is 0.460 e. The van der Waals surface area contributed by atoms with E-state index < -0.39 is 46.7 Å². The lowest BCUT2D eigenvalue weighted by Crippen LogP contribution is -2.59. The summed E-state index contributed by atoms with van der Waals surface area (Å²) < 4.78 is 39.2. The molecule has 1 amide bonds. The van der Waals surface area contributed by atoms with Crippen molar-refractivity contribution < 1.29 is 52.6 Å². The molecule has 0 bridgehead atoms. The average Bonchev–Trinajstić information content (AvgIpc) is 2.88. The first-order valence-electron chi connectivity index (χ1n) is 15.3. The Balaban J connectivity index is 3.00. The number of aliphatic hydroxyl groups is 1. The lowest BCUT2D eigenvalue weighted by molar-refractivity contribution is -0.174. The van der Waals surface area contributed by atoms with Crippen LogP contribution in [-0.4, -0.2) is 91.4 Å². The Morgan fingerprint density at radius 3 is 1.62 bits per heavy atom. The maximum atomic E-state index is 13.0. The van der Waals surface area contributed by atoms with Gasteiger partial charge in [-0.05, 0) is 67.9 Å². The molecule has 0 aromatic heterocycles. The van der Waals surface area contributed by atoms with Crippen molar-refractivity contribution in [1.82, 2.24) is 5.32 Å². The zero-order chi connectivity index (χ0) is 34.2. The fourth-order valence-electron chi connectivity index (χ4n) is 3.76. The van der Waals surface area contributed by atoms with Crippen molar-refractivity contribution >= 4 is 18.0 Å². The number of nitrogens with one attached hydrogen (secondary N) is 1. The number of amides is 1. The zero-order valence-corrected chi connectivity index (χ0v) is 28.6. The summed E-state index contributed by atoms with van der Waals surface area (Å²) >= 11 is 0. The highest BCUT2D eigenvalue weighted by atomic mass is 16.6. The molecule has 0 saturated heterocycles. The highest BCUT2D eigenvalue weighted by Gasteiger charge is 2.35. The van der Waals surface area contributed by atoms with Crippen LogP contribution < -0.4 is 5.32 Å². The lowest BCUT2D eigenvalue weighted by Gasteiger charge is -2.34. The normalized spacial score (nSPS) is 13.2. The smallest absolute Gasteiger partial charge is 0.408 e. The fraction of sp³-hybridized carbons (Fsp3) is 0.727. The fourth-order valence-corrected chi connectivity index (χ4v) is 3.76. The van der Waals surface area contributed by atoms with Gasteiger partial charge in [-0.1, -0.05) is 30.3 Å². The Morgan fingerprint density at radius 1 is 0.711 bits per heavy atom. The minimum absolute atomic E-state index is 0.00739. The number of benzene rings is 1. The summed E-state index contributed by atoms with van der Waals surface area (Å²) in [5.74, 6) is -0.859. The summed E-state index contributed by atoms with van der Waals surface area (Å²) in [5.41, 5.74) is -2.31. The number of alkyl carbamates (subject to hydrolysis) is 1. The van der Waals surface area contributed by atoms with Gasteiger partial charge in [0.05, 0.1) is 58.1 Å². The molecule has 0 aliphatic rings. The van der Waals surface area contributed by atoms with E-state index in [0.29, 0.717) is 0 Å². The van der Waals surface area contributed by atoms with Crippen LogP contribution in [-0.2, 0) is 49.4 Å². The van der Waals surface area contributed by atoms with E-state index in [2.05, 4.69) is 5.32 Å². The summed E-state index contributed by atoms with van der Waals surface area (Å²) in [7, 11) is 0. The molecule has 0 spiro atoms. The number of aliphatic hydroxyl groups excluding tert-OH is 1. The minimum atomic E-state index is -1.29. The molecule has 2 N–H and O–H groups in total. The number of esters is 2. The Kier molecular flexibility index (Phi) is 17.0. The molecule has 1 rings (SSSR count). The first kappa shape index (κ1) is 40.3. The molecule has 258 valence electrons. The Labute approximate surface area is 268 Å². The van der Waals surface area contributed by atoms with Gasteiger partial charge in [-0.15, -0.1) is 0 Å². The molecule has 12 nitrogen and oxygen atoms in total. The van der Waals surface area contributed by atoms with Crippen molar-refractivity contribution in [3.8, 4) is 0 Å². The lowest BCUT2D eigenvalue weighted by atomic mass is 10.0. The van der Waals surface area contributed by atoms with Gasteiger partial charge in [0.2, 0.25) is 0 Å². The highest BCUT2D eigenvalue weighted by Crippen LogP contribution is 2.15. The molecule has 0 radical (unpaired) electrons. The van der Waals surface area contributed by atoms with E-state index in [9.17, 15) is 19.5 Å². The Morgan fingerprint density at radius 2 is 1.18 bits per heavy atom. The number of carbonyl (C=O) groups excluding carboxylic acids is 3. The van der Waals surface area contributed by atoms with Crippen LogP contribution in [0.15, 0.2) is 30.3 Å². The molecule has 0 heterocycles. The molecule has 45 heavy (non-hydrogen) atoms. The van der Waals surface area contributed by atoms with Crippen LogP contribution in [0.3, 0.4) is 0 Å². The molecule has 12 heteroatoms. The Bertz CT molecular complexity index is 974. The second kappa shape index (κ2) is 19.0. The number of rotatable bonds is 19. The second-order valence-electron chi connectivity index (χ2n) is 13.8. The summed E-state index contributed by atoms with van der Waals surface area (Å²) in [6.45, 7) is 15.9. The molecule has 0 aliphatic heterocycles. The van der Waals surface area contributed by atoms with Crippen LogP contribution in [0, 0.1) is 0 Å². The van der Waals surface area contributed by atoms with Crippen LogP contribution >= 0.6 is 0 Å². The summed E-state index contributed by atoms with van der Waals surface area (Å²) in [4.78, 5) is 37.4. The van der Waals surface area contributed by atoms with E-state index in [1.54, 1.807) is 41.5 Å². The maximum absolute atomic E-state index is 13.0. The number of hydrogen-bond donors (Lipinski definition) is 2. The minimum Gasteiger partial charge on any atom is -0.460 e. The van der Waals surface area contributed by atoms with Gasteiger partial charge in [-0.25, -0.2) is 4.79 Å². The molecule has 1 aromatic rings. The number of hydrogen-bond acceptors (Lipinski definition) is 11. The summed E-state index contributed by atoms with van der Waals surface area (Å²) in [6, 6.07) is 9.19. The monoisotopic (exact) mass is 641 g/mol. The van der Waals surface area contributed by atoms with E-state index in [0.717, 1.165) is 5.56 Å². The molecule has 1 unspecified atom stereocenters. The quantitative estimate of drug-likeness (QED) is 0.0938. The second-order valence-corrected chi connectivity index (χ2v) is 13.8. The van der Waals surface area contributed by atoms with Crippen molar-refractivity contribution in [2.24, 2.45) is 0 Å². The average molecular weight is 642 g/mol. The Hall–Kier alpha value is -2.77. The van der Waals surface area contributed by atoms with Crippen LogP contribution in [0.4, 0.5) is 4.79 Å². The molecular weight excluding hydrogens is 586 g/mol. The summed E-state index contributed by atoms with van der Waals surface area (Å²) in [5, 5.41) is 13.0. The summed E-state index contributed by atoms with van der Waals surface area (Å²) in [6.07, 6.45) is -1.65. The van der Waals surface area contributed by atoms with E-state index >= 15 is 0 Å². The molecule has 1 atom stereocenters. The van der Waals surface area contributed by atoms with Gasteiger partial charge >= 0.3 is 18.0 Å². The predicted molar refractivity (Wildman–Crippen MR) is 167 cm³/mol. The van der Waals surface area contributed by atoms with E-state index in [4.69, 9.17) is 33.2 Å². The zero-order valence-electron chi connectivity index (χ0n) is 28.6. The molecule has 1 aromatic carbocycles. The molecule has 0 fully saturated rings. The SMILES string of the molecule is CC(C)(C)OC(=O)CCOCC(COCCC(=O)OC(C)(C)C)(COCCC(O)OC(C)(C)C)NC(=O)OCc1ccccc1. The van der Waals surface area contributed by atoms with Crippen LogP contribution in [0.25, 0.3) is 0 Å². The predicted octanol–water partition coefficient (Wildman–Crippen LogP) is 4.69. The van der Waals surface area contributed by atoms with Crippen molar-refractivity contribution in [2.75, 3.05) is 39.6 Å². The topological polar surface area (TPSA) is 148 Å². The van der Waals surface area contributed by atoms with Crippen LogP contribution in [0.2, 0.25) is 0 Å². The van der Waals surface area contributed by atoms with Gasteiger partial charge in [0.25, 0.3) is 0 Å². The highest BCUT2D eigenvalue weighted by molar-refractivity contribution is 5.70. The van der Waals surface area contributed by atoms with E-state index in [1.807, 2.05) is 51.1 Å². The third-order valence-corrected chi connectivity index (χ3v) is 5.45. The number of carbonyl (C=O) groups is 3. The van der Waals surface area contributed by atoms with Gasteiger partial charge in [-0.2, -0.15) is 0 Å². The van der Waals surface area contributed by atoms with E-state index in [1.165, 1.54) is 0 Å². The van der Waals surface area contributed by atoms with Crippen molar-refractivity contribution in [2.45, 2.75) is 117 Å². The van der Waals surface area contributed by atoms with Gasteiger partial charge < -0.3 is 43.6 Å². The molecular formula is C33H55NO11. The third kappa shape index (κ3) is 21.6. The first-order valence-corrected chi connectivity index (χ1v) is 15.3. The number of ether oxygens (including phenoxy) is 7. The maximum Gasteiger partial charge on any atom is 0.408 e.